The van der Waals surface area contributed by atoms with E-state index in [1.54, 1.807) is 69.4 Å². The van der Waals surface area contributed by atoms with Crippen LogP contribution in [-0.2, 0) is 4.79 Å². The molecule has 0 unspecified atom stereocenters. The molecule has 7 nitrogen and oxygen atoms in total. The number of amides is 2. The fourth-order valence-corrected chi connectivity index (χ4v) is 2.85. The van der Waals surface area contributed by atoms with E-state index in [2.05, 4.69) is 20.8 Å². The summed E-state index contributed by atoms with van der Waals surface area (Å²) in [5.74, 6) is 0.153. The Morgan fingerprint density at radius 2 is 1.89 bits per heavy atom. The maximum absolute atomic E-state index is 12.6. The van der Waals surface area contributed by atoms with Crippen LogP contribution in [0.15, 0.2) is 53.2 Å². The number of aryl methyl sites for hydroxylation is 2. The number of anilines is 2. The molecule has 1 atom stereocenters. The summed E-state index contributed by atoms with van der Waals surface area (Å²) in [6, 6.07) is 12.0. The lowest BCUT2D eigenvalue weighted by Crippen LogP contribution is -2.20. The lowest BCUT2D eigenvalue weighted by Gasteiger charge is -2.13. The lowest BCUT2D eigenvalue weighted by molar-refractivity contribution is -0.117. The van der Waals surface area contributed by atoms with E-state index in [-0.39, 0.29) is 11.8 Å². The second-order valence-corrected chi connectivity index (χ2v) is 6.20. The van der Waals surface area contributed by atoms with Crippen molar-refractivity contribution in [3.8, 4) is 0 Å². The molecule has 3 rings (SSSR count). The van der Waals surface area contributed by atoms with Gasteiger partial charge in [-0.3, -0.25) is 9.59 Å². The van der Waals surface area contributed by atoms with Crippen LogP contribution >= 0.6 is 0 Å². The first-order valence-corrected chi connectivity index (χ1v) is 8.52. The van der Waals surface area contributed by atoms with Crippen molar-refractivity contribution in [3.05, 3.63) is 71.2 Å². The summed E-state index contributed by atoms with van der Waals surface area (Å²) in [6.07, 6.45) is 1.60. The molecule has 0 aliphatic heterocycles. The predicted octanol–water partition coefficient (Wildman–Crippen LogP) is 3.68. The smallest absolute Gasteiger partial charge is 0.256 e. The molecular weight excluding hydrogens is 344 g/mol. The molecule has 0 bridgehead atoms. The van der Waals surface area contributed by atoms with Crippen molar-refractivity contribution in [1.82, 2.24) is 10.1 Å². The molecule has 0 radical (unpaired) electrons. The van der Waals surface area contributed by atoms with Crippen molar-refractivity contribution in [2.45, 2.75) is 26.7 Å². The van der Waals surface area contributed by atoms with Crippen LogP contribution in [0.1, 0.15) is 40.2 Å². The summed E-state index contributed by atoms with van der Waals surface area (Å²) < 4.78 is 5.14. The first kappa shape index (κ1) is 18.3. The zero-order chi connectivity index (χ0) is 19.4. The molecule has 2 amide bonds. The molecule has 2 N–H and O–H groups in total. The van der Waals surface area contributed by atoms with Gasteiger partial charge in [-0.25, -0.2) is 4.98 Å². The Bertz CT molecular complexity index is 947. The van der Waals surface area contributed by atoms with Crippen molar-refractivity contribution in [3.63, 3.8) is 0 Å². The average molecular weight is 364 g/mol. The van der Waals surface area contributed by atoms with Gasteiger partial charge >= 0.3 is 0 Å². The summed E-state index contributed by atoms with van der Waals surface area (Å²) in [4.78, 5) is 29.0. The zero-order valence-corrected chi connectivity index (χ0v) is 15.3. The number of carbonyl (C=O) groups excluding carboxylic acids is 2. The Hall–Kier alpha value is -3.48. The van der Waals surface area contributed by atoms with Gasteiger partial charge in [0.2, 0.25) is 5.91 Å². The Labute approximate surface area is 156 Å². The summed E-state index contributed by atoms with van der Waals surface area (Å²) in [6.45, 7) is 5.37. The van der Waals surface area contributed by atoms with Gasteiger partial charge < -0.3 is 15.2 Å². The Morgan fingerprint density at radius 3 is 2.56 bits per heavy atom. The van der Waals surface area contributed by atoms with Crippen molar-refractivity contribution >= 4 is 23.3 Å². The van der Waals surface area contributed by atoms with Crippen molar-refractivity contribution in [2.75, 3.05) is 10.6 Å². The van der Waals surface area contributed by atoms with E-state index in [9.17, 15) is 9.59 Å². The minimum atomic E-state index is -0.428. The number of pyridine rings is 1. The van der Waals surface area contributed by atoms with Crippen LogP contribution in [0.25, 0.3) is 0 Å². The van der Waals surface area contributed by atoms with Gasteiger partial charge in [-0.05, 0) is 51.1 Å². The third kappa shape index (κ3) is 4.20. The number of aromatic nitrogens is 2. The van der Waals surface area contributed by atoms with E-state index >= 15 is 0 Å². The summed E-state index contributed by atoms with van der Waals surface area (Å²) in [5.41, 5.74) is 2.42. The van der Waals surface area contributed by atoms with Crippen LogP contribution in [0.2, 0.25) is 0 Å². The molecule has 3 aromatic rings. The summed E-state index contributed by atoms with van der Waals surface area (Å²) in [7, 11) is 0. The fraction of sp³-hybridized carbons (Fsp3) is 0.200. The highest BCUT2D eigenvalue weighted by Crippen LogP contribution is 2.24. The van der Waals surface area contributed by atoms with Crippen molar-refractivity contribution < 1.29 is 14.1 Å². The molecule has 0 fully saturated rings. The van der Waals surface area contributed by atoms with Crippen LogP contribution < -0.4 is 10.6 Å². The highest BCUT2D eigenvalue weighted by molar-refractivity contribution is 6.05. The number of rotatable bonds is 5. The maximum atomic E-state index is 12.6. The van der Waals surface area contributed by atoms with Gasteiger partial charge in [-0.2, -0.15) is 0 Å². The van der Waals surface area contributed by atoms with E-state index in [0.29, 0.717) is 28.5 Å². The number of nitrogens with one attached hydrogen (secondary N) is 2. The quantitative estimate of drug-likeness (QED) is 0.720. The first-order chi connectivity index (χ1) is 13.0. The maximum Gasteiger partial charge on any atom is 0.256 e. The molecule has 0 aliphatic rings. The minimum Gasteiger partial charge on any atom is -0.361 e. The largest absolute Gasteiger partial charge is 0.361 e. The standard InChI is InChI=1S/C20H20N4O3/c1-12(18-13(2)24-27-14(18)3)19(25)22-16-8-6-7-15(11-16)20(26)23-17-9-4-5-10-21-17/h4-12H,1-3H3,(H,22,25)(H,21,23,26)/t12-/m1/s1. The first-order valence-electron chi connectivity index (χ1n) is 8.52. The van der Waals surface area contributed by atoms with Gasteiger partial charge in [0, 0.05) is 23.0 Å². The molecular formula is C20H20N4O3. The molecule has 0 spiro atoms. The molecule has 7 heteroatoms. The highest BCUT2D eigenvalue weighted by atomic mass is 16.5. The van der Waals surface area contributed by atoms with E-state index in [1.807, 2.05) is 0 Å². The van der Waals surface area contributed by atoms with Gasteiger partial charge in [-0.1, -0.05) is 17.3 Å². The second kappa shape index (κ2) is 7.82. The van der Waals surface area contributed by atoms with Crippen LogP contribution in [-0.4, -0.2) is 22.0 Å². The zero-order valence-electron chi connectivity index (χ0n) is 15.3. The normalized spacial score (nSPS) is 11.7. The van der Waals surface area contributed by atoms with E-state index < -0.39 is 5.92 Å². The van der Waals surface area contributed by atoms with Gasteiger partial charge in [-0.15, -0.1) is 0 Å². The Kier molecular flexibility index (Phi) is 5.30. The predicted molar refractivity (Wildman–Crippen MR) is 102 cm³/mol. The molecule has 0 aliphatic carbocycles. The van der Waals surface area contributed by atoms with Crippen LogP contribution in [0.4, 0.5) is 11.5 Å². The summed E-state index contributed by atoms with van der Waals surface area (Å²) >= 11 is 0. The molecule has 138 valence electrons. The van der Waals surface area contributed by atoms with Gasteiger partial charge in [0.25, 0.3) is 5.91 Å². The number of carbonyl (C=O) groups is 2. The van der Waals surface area contributed by atoms with Crippen LogP contribution in [0, 0.1) is 13.8 Å². The molecule has 0 saturated carbocycles. The highest BCUT2D eigenvalue weighted by Gasteiger charge is 2.23. The number of hydrogen-bond donors (Lipinski definition) is 2. The molecule has 2 aromatic heterocycles. The monoisotopic (exact) mass is 364 g/mol. The van der Waals surface area contributed by atoms with Gasteiger partial charge in [0.05, 0.1) is 11.6 Å². The average Bonchev–Trinajstić information content (AvgIpc) is 3.00. The molecule has 27 heavy (non-hydrogen) atoms. The molecule has 0 saturated heterocycles. The van der Waals surface area contributed by atoms with E-state index in [0.717, 1.165) is 5.56 Å². The van der Waals surface area contributed by atoms with Crippen molar-refractivity contribution in [1.29, 1.82) is 0 Å². The minimum absolute atomic E-state index is 0.202. The van der Waals surface area contributed by atoms with Crippen LogP contribution in [0.5, 0.6) is 0 Å². The molecule has 2 heterocycles. The lowest BCUT2D eigenvalue weighted by atomic mass is 9.98. The van der Waals surface area contributed by atoms with Gasteiger partial charge in [0.1, 0.15) is 11.6 Å². The fourth-order valence-electron chi connectivity index (χ4n) is 2.85. The van der Waals surface area contributed by atoms with Crippen molar-refractivity contribution in [2.24, 2.45) is 0 Å². The van der Waals surface area contributed by atoms with E-state index in [1.165, 1.54) is 0 Å². The SMILES string of the molecule is Cc1noc(C)c1[C@@H](C)C(=O)Nc1cccc(C(=O)Nc2ccccn2)c1. The second-order valence-electron chi connectivity index (χ2n) is 6.20. The number of benzene rings is 1. The van der Waals surface area contributed by atoms with Crippen LogP contribution in [0.3, 0.4) is 0 Å². The topological polar surface area (TPSA) is 97.1 Å². The Morgan fingerprint density at radius 1 is 1.07 bits per heavy atom. The van der Waals surface area contributed by atoms with E-state index in [4.69, 9.17) is 4.52 Å². The van der Waals surface area contributed by atoms with Gasteiger partial charge in [0.15, 0.2) is 0 Å². The number of nitrogens with zero attached hydrogens (tertiary/aromatic N) is 2. The number of hydrogen-bond acceptors (Lipinski definition) is 5. The third-order valence-electron chi connectivity index (χ3n) is 4.21. The third-order valence-corrected chi connectivity index (χ3v) is 4.21. The molecule has 1 aromatic carbocycles. The Balaban J connectivity index is 1.72. The summed E-state index contributed by atoms with van der Waals surface area (Å²) in [5, 5.41) is 9.44.